The Morgan fingerprint density at radius 3 is 2.90 bits per heavy atom. The summed E-state index contributed by atoms with van der Waals surface area (Å²) in [6.45, 7) is 0. The zero-order chi connectivity index (χ0) is 14.1. The van der Waals surface area contributed by atoms with Crippen molar-refractivity contribution in [3.8, 4) is 0 Å². The van der Waals surface area contributed by atoms with E-state index in [1.54, 1.807) is 0 Å². The Bertz CT molecular complexity index is 630. The summed E-state index contributed by atoms with van der Waals surface area (Å²) in [6, 6.07) is 10.0. The second-order valence-electron chi connectivity index (χ2n) is 5.16. The van der Waals surface area contributed by atoms with Gasteiger partial charge in [0.2, 0.25) is 0 Å². The van der Waals surface area contributed by atoms with E-state index in [2.05, 4.69) is 42.9 Å². The van der Waals surface area contributed by atoms with Gasteiger partial charge < -0.3 is 5.11 Å². The van der Waals surface area contributed by atoms with Gasteiger partial charge in [-0.3, -0.25) is 4.98 Å². The maximum atomic E-state index is 10.8. The van der Waals surface area contributed by atoms with Gasteiger partial charge in [0.25, 0.3) is 0 Å². The lowest BCUT2D eigenvalue weighted by Gasteiger charge is -2.29. The van der Waals surface area contributed by atoms with Gasteiger partial charge >= 0.3 is 0 Å². The Labute approximate surface area is 135 Å². The fraction of sp³-hybridized carbons (Fsp3) is 0.312. The first kappa shape index (κ1) is 14.2. The largest absolute Gasteiger partial charge is 0.388 e. The summed E-state index contributed by atoms with van der Waals surface area (Å²) in [5.41, 5.74) is 3.26. The van der Waals surface area contributed by atoms with Crippen LogP contribution in [0.15, 0.2) is 45.5 Å². The van der Waals surface area contributed by atoms with E-state index < -0.39 is 6.10 Å². The number of benzene rings is 1. The smallest absolute Gasteiger partial charge is 0.0884 e. The van der Waals surface area contributed by atoms with Crippen LogP contribution in [0.5, 0.6) is 0 Å². The minimum absolute atomic E-state index is 0.0809. The van der Waals surface area contributed by atoms with Crippen LogP contribution in [0.4, 0.5) is 0 Å². The monoisotopic (exact) mass is 395 g/mol. The number of aromatic nitrogens is 1. The van der Waals surface area contributed by atoms with Gasteiger partial charge in [-0.05, 0) is 48.6 Å². The first-order valence-electron chi connectivity index (χ1n) is 6.73. The van der Waals surface area contributed by atoms with Crippen molar-refractivity contribution in [2.75, 3.05) is 0 Å². The van der Waals surface area contributed by atoms with E-state index in [-0.39, 0.29) is 5.92 Å². The van der Waals surface area contributed by atoms with Crippen molar-refractivity contribution in [2.45, 2.75) is 31.3 Å². The summed E-state index contributed by atoms with van der Waals surface area (Å²) < 4.78 is 1.94. The molecule has 0 saturated carbocycles. The molecule has 0 aliphatic heterocycles. The molecule has 0 spiro atoms. The first-order chi connectivity index (χ1) is 9.66. The second-order valence-corrected chi connectivity index (χ2v) is 6.93. The number of pyridine rings is 1. The molecule has 1 aromatic heterocycles. The zero-order valence-electron chi connectivity index (χ0n) is 10.9. The van der Waals surface area contributed by atoms with Gasteiger partial charge in [0.15, 0.2) is 0 Å². The highest BCUT2D eigenvalue weighted by molar-refractivity contribution is 9.11. The molecule has 0 amide bonds. The number of aliphatic hydroxyl groups is 1. The topological polar surface area (TPSA) is 33.1 Å². The molecular weight excluding hydrogens is 382 g/mol. The van der Waals surface area contributed by atoms with Crippen molar-refractivity contribution in [3.05, 3.63) is 62.3 Å². The molecule has 1 aliphatic rings. The first-order valence-corrected chi connectivity index (χ1v) is 8.32. The number of hydrogen-bond donors (Lipinski definition) is 1. The van der Waals surface area contributed by atoms with Crippen LogP contribution < -0.4 is 0 Å². The van der Waals surface area contributed by atoms with Gasteiger partial charge in [-0.1, -0.05) is 44.0 Å². The summed E-state index contributed by atoms with van der Waals surface area (Å²) in [6.07, 6.45) is 4.45. The average Bonchev–Trinajstić information content (AvgIpc) is 2.46. The molecule has 0 saturated heterocycles. The van der Waals surface area contributed by atoms with Gasteiger partial charge in [0.1, 0.15) is 0 Å². The van der Waals surface area contributed by atoms with Crippen molar-refractivity contribution in [2.24, 2.45) is 0 Å². The highest BCUT2D eigenvalue weighted by Gasteiger charge is 2.29. The molecule has 1 N–H and O–H groups in total. The molecule has 3 rings (SSSR count). The molecule has 2 atom stereocenters. The predicted octanol–water partition coefficient (Wildman–Crippen LogP) is 4.76. The van der Waals surface area contributed by atoms with Crippen molar-refractivity contribution in [3.63, 3.8) is 0 Å². The van der Waals surface area contributed by atoms with Crippen LogP contribution in [0.25, 0.3) is 0 Å². The molecule has 1 aromatic carbocycles. The summed E-state index contributed by atoms with van der Waals surface area (Å²) in [5.74, 6) is 0.0809. The van der Waals surface area contributed by atoms with E-state index in [0.29, 0.717) is 0 Å². The van der Waals surface area contributed by atoms with E-state index in [1.165, 1.54) is 5.56 Å². The molecule has 2 nitrogen and oxygen atoms in total. The Morgan fingerprint density at radius 2 is 2.10 bits per heavy atom. The molecule has 20 heavy (non-hydrogen) atoms. The number of aryl methyl sites for hydroxylation is 1. The van der Waals surface area contributed by atoms with Crippen molar-refractivity contribution in [1.29, 1.82) is 0 Å². The molecule has 2 aromatic rings. The lowest BCUT2D eigenvalue weighted by Crippen LogP contribution is -2.18. The summed E-state index contributed by atoms with van der Waals surface area (Å²) in [7, 11) is 0. The molecule has 1 heterocycles. The Morgan fingerprint density at radius 1 is 1.25 bits per heavy atom. The molecule has 0 bridgehead atoms. The zero-order valence-corrected chi connectivity index (χ0v) is 14.1. The van der Waals surface area contributed by atoms with Crippen molar-refractivity contribution in [1.82, 2.24) is 4.98 Å². The number of rotatable bonds is 2. The van der Waals surface area contributed by atoms with Crippen LogP contribution in [0.2, 0.25) is 0 Å². The molecule has 104 valence electrons. The maximum Gasteiger partial charge on any atom is 0.0884 e. The third-order valence-electron chi connectivity index (χ3n) is 3.90. The minimum atomic E-state index is -0.522. The summed E-state index contributed by atoms with van der Waals surface area (Å²) in [4.78, 5) is 4.51. The molecule has 1 aliphatic carbocycles. The van der Waals surface area contributed by atoms with Gasteiger partial charge in [0.05, 0.1) is 6.10 Å². The van der Waals surface area contributed by atoms with Gasteiger partial charge in [-0.2, -0.15) is 0 Å². The molecule has 0 radical (unpaired) electrons. The average molecular weight is 397 g/mol. The highest BCUT2D eigenvalue weighted by Crippen LogP contribution is 2.41. The predicted molar refractivity (Wildman–Crippen MR) is 86.7 cm³/mol. The lowest BCUT2D eigenvalue weighted by molar-refractivity contribution is 0.133. The van der Waals surface area contributed by atoms with Gasteiger partial charge in [-0.15, -0.1) is 0 Å². The van der Waals surface area contributed by atoms with E-state index in [0.717, 1.165) is 39.5 Å². The highest BCUT2D eigenvalue weighted by atomic mass is 79.9. The molecule has 2 unspecified atom stereocenters. The number of hydrogen-bond acceptors (Lipinski definition) is 2. The van der Waals surface area contributed by atoms with Crippen LogP contribution in [-0.4, -0.2) is 10.1 Å². The van der Waals surface area contributed by atoms with Crippen molar-refractivity contribution >= 4 is 31.9 Å². The Balaban J connectivity index is 1.97. The van der Waals surface area contributed by atoms with Crippen LogP contribution in [-0.2, 0) is 6.42 Å². The Kier molecular flexibility index (Phi) is 4.24. The normalized spacial score (nSPS) is 19.4. The van der Waals surface area contributed by atoms with Crippen LogP contribution in [0, 0.1) is 0 Å². The van der Waals surface area contributed by atoms with Crippen molar-refractivity contribution < 1.29 is 5.11 Å². The molecule has 0 fully saturated rings. The van der Waals surface area contributed by atoms with Crippen LogP contribution in [0.1, 0.15) is 41.7 Å². The van der Waals surface area contributed by atoms with E-state index in [9.17, 15) is 5.11 Å². The van der Waals surface area contributed by atoms with Gasteiger partial charge in [-0.25, -0.2) is 0 Å². The number of halogens is 2. The number of fused-ring (bicyclic) bond motifs is 1. The third-order valence-corrected chi connectivity index (χ3v) is 5.08. The van der Waals surface area contributed by atoms with Crippen LogP contribution in [0.3, 0.4) is 0 Å². The fourth-order valence-corrected chi connectivity index (χ4v) is 4.19. The van der Waals surface area contributed by atoms with E-state index in [1.807, 2.05) is 30.5 Å². The quantitative estimate of drug-likeness (QED) is 0.793. The van der Waals surface area contributed by atoms with Crippen LogP contribution >= 0.6 is 31.9 Å². The van der Waals surface area contributed by atoms with E-state index >= 15 is 0 Å². The summed E-state index contributed by atoms with van der Waals surface area (Å²) in [5, 5.41) is 10.8. The SMILES string of the molecule is OC(c1ccc(Br)cc1Br)C1CCCc2cccnc21. The fourth-order valence-electron chi connectivity index (χ4n) is 2.91. The molecular formula is C16H15Br2NO. The molecule has 4 heteroatoms. The van der Waals surface area contributed by atoms with E-state index in [4.69, 9.17) is 0 Å². The standard InChI is InChI=1S/C16H15Br2NO/c17-11-6-7-12(14(18)9-11)16(20)13-5-1-3-10-4-2-8-19-15(10)13/h2,4,6-9,13,16,20H,1,3,5H2. The van der Waals surface area contributed by atoms with Gasteiger partial charge in [0, 0.05) is 26.8 Å². The lowest BCUT2D eigenvalue weighted by atomic mass is 9.81. The minimum Gasteiger partial charge on any atom is -0.388 e. The Hall–Kier alpha value is -0.710. The number of nitrogens with zero attached hydrogens (tertiary/aromatic N) is 1. The number of aliphatic hydroxyl groups excluding tert-OH is 1. The maximum absolute atomic E-state index is 10.8. The third kappa shape index (κ3) is 2.69. The summed E-state index contributed by atoms with van der Waals surface area (Å²) >= 11 is 6.99. The second kappa shape index (κ2) is 5.96.